The number of hydrogen-bond acceptors (Lipinski definition) is 8. The summed E-state index contributed by atoms with van der Waals surface area (Å²) >= 11 is 0. The molecule has 0 aliphatic carbocycles. The molecule has 8 N–H and O–H groups in total. The molecule has 13 heteroatoms. The van der Waals surface area contributed by atoms with Gasteiger partial charge in [0.25, 0.3) is 0 Å². The van der Waals surface area contributed by atoms with Crippen molar-refractivity contribution >= 4 is 83.3 Å². The van der Waals surface area contributed by atoms with Gasteiger partial charge in [0.05, 0.1) is 6.61 Å². The first-order chi connectivity index (χ1) is 7.60. The number of phosphoric acid groups is 1. The zero-order valence-electron chi connectivity index (χ0n) is 13.8. The Balaban J connectivity index is -0.0000000853. The molecule has 0 aromatic heterocycles. The molecule has 0 saturated heterocycles. The molecule has 0 aromatic carbocycles. The van der Waals surface area contributed by atoms with Crippen LogP contribution in [-0.4, -0.2) is 153 Å². The Kier molecular flexibility index (Phi) is 16.5. The summed E-state index contributed by atoms with van der Waals surface area (Å²) in [6.07, 6.45) is -10.8. The third-order valence-electron chi connectivity index (χ3n) is 1.82. The van der Waals surface area contributed by atoms with Crippen molar-refractivity contribution in [2.45, 2.75) is 30.7 Å². The molecule has 0 saturated carbocycles. The molecule has 0 fully saturated rings. The van der Waals surface area contributed by atoms with E-state index in [9.17, 15) is 9.67 Å². The van der Waals surface area contributed by atoms with E-state index in [2.05, 4.69) is 4.52 Å². The van der Waals surface area contributed by atoms with Crippen molar-refractivity contribution in [2.75, 3.05) is 6.61 Å². The van der Waals surface area contributed by atoms with E-state index in [1.54, 1.807) is 0 Å². The largest absolute Gasteiger partial charge is 2.00 e. The molecular weight excluding hydrogens is 343 g/mol. The molecule has 0 heterocycles. The summed E-state index contributed by atoms with van der Waals surface area (Å²) in [4.78, 5) is 16.6. The summed E-state index contributed by atoms with van der Waals surface area (Å²) < 4.78 is 13.9. The molecule has 5 atom stereocenters. The van der Waals surface area contributed by atoms with E-state index in [0.29, 0.717) is 0 Å². The maximum atomic E-state index is 10.3. The van der Waals surface area contributed by atoms with Crippen LogP contribution < -0.4 is 0 Å². The second-order valence-corrected chi connectivity index (χ2v) is 4.40. The van der Waals surface area contributed by atoms with Crippen molar-refractivity contribution in [1.29, 1.82) is 0 Å². The summed E-state index contributed by atoms with van der Waals surface area (Å²) in [6, 6.07) is 0. The van der Waals surface area contributed by atoms with Crippen molar-refractivity contribution in [3.63, 3.8) is 0 Å². The first-order valence-electron chi connectivity index (χ1n) is 4.35. The Morgan fingerprint density at radius 1 is 0.947 bits per heavy atom. The molecule has 0 aromatic rings. The standard InChI is InChI=1S/C6H15O10P.2Ca.4H/c7-1-2(8)3(9)4(10)5(11)6(12)16-17(13,14)15;;;;;;/h2-12H,1H2,(H2,13,14,15);;;;;;/q;2*+2;4*-1/t2-,3-,4+,5+,6?;;;;;;/m1....../s1. The summed E-state index contributed by atoms with van der Waals surface area (Å²) in [5.41, 5.74) is 0. The number of aliphatic hydroxyl groups excluding tert-OH is 6. The molecule has 0 aliphatic rings. The maximum Gasteiger partial charge on any atom is 2.00 e. The Bertz CT molecular complexity index is 290. The fourth-order valence-electron chi connectivity index (χ4n) is 0.909. The monoisotopic (exact) mass is 362 g/mol. The number of phosphoric ester groups is 1. The van der Waals surface area contributed by atoms with E-state index in [0.717, 1.165) is 0 Å². The topological polar surface area (TPSA) is 188 Å². The van der Waals surface area contributed by atoms with E-state index in [1.165, 1.54) is 0 Å². The summed E-state index contributed by atoms with van der Waals surface area (Å²) in [6.45, 7) is -0.930. The van der Waals surface area contributed by atoms with Gasteiger partial charge in [0.2, 0.25) is 0 Å². The van der Waals surface area contributed by atoms with Gasteiger partial charge in [-0.1, -0.05) is 0 Å². The normalized spacial score (nSPS) is 19.4. The first-order valence-corrected chi connectivity index (χ1v) is 5.88. The minimum absolute atomic E-state index is 0. The van der Waals surface area contributed by atoms with Crippen LogP contribution in [0.5, 0.6) is 0 Å². The summed E-state index contributed by atoms with van der Waals surface area (Å²) in [5, 5.41) is 53.8. The predicted octanol–water partition coefficient (Wildman–Crippen LogP) is -4.46. The Morgan fingerprint density at radius 2 is 1.37 bits per heavy atom. The molecule has 1 unspecified atom stereocenters. The van der Waals surface area contributed by atoms with Gasteiger partial charge in [-0.25, -0.2) is 4.57 Å². The van der Waals surface area contributed by atoms with Crippen molar-refractivity contribution in [3.8, 4) is 0 Å². The molecule has 0 bridgehead atoms. The molecule has 112 valence electrons. The average molecular weight is 362 g/mol. The van der Waals surface area contributed by atoms with Gasteiger partial charge < -0.3 is 46.1 Å². The van der Waals surface area contributed by atoms with Crippen LogP contribution in [0.15, 0.2) is 0 Å². The molecule has 10 nitrogen and oxygen atoms in total. The second-order valence-electron chi connectivity index (χ2n) is 3.21. The van der Waals surface area contributed by atoms with Gasteiger partial charge in [-0.2, -0.15) is 0 Å². The van der Waals surface area contributed by atoms with Crippen LogP contribution in [0, 0.1) is 0 Å². The van der Waals surface area contributed by atoms with Gasteiger partial charge in [-0.15, -0.1) is 0 Å². The van der Waals surface area contributed by atoms with Crippen LogP contribution in [0.2, 0.25) is 0 Å². The van der Waals surface area contributed by atoms with Crippen molar-refractivity contribution in [1.82, 2.24) is 0 Å². The fraction of sp³-hybridized carbons (Fsp3) is 1.00. The van der Waals surface area contributed by atoms with E-state index in [-0.39, 0.29) is 81.2 Å². The Morgan fingerprint density at radius 3 is 1.68 bits per heavy atom. The van der Waals surface area contributed by atoms with Gasteiger partial charge in [0, 0.05) is 0 Å². The molecule has 0 rings (SSSR count). The summed E-state index contributed by atoms with van der Waals surface area (Å²) in [7, 11) is -5.09. The van der Waals surface area contributed by atoms with Gasteiger partial charge in [0.1, 0.15) is 24.4 Å². The quantitative estimate of drug-likeness (QED) is 0.125. The third-order valence-corrected chi connectivity index (χ3v) is 2.31. The fourth-order valence-corrected chi connectivity index (χ4v) is 1.32. The average Bonchev–Trinajstić information content (AvgIpc) is 2.22. The van der Waals surface area contributed by atoms with Crippen molar-refractivity contribution < 1.29 is 55.2 Å². The van der Waals surface area contributed by atoms with Gasteiger partial charge in [-0.05, 0) is 0 Å². The van der Waals surface area contributed by atoms with E-state index in [1.807, 2.05) is 0 Å². The van der Waals surface area contributed by atoms with Crippen LogP contribution in [0.4, 0.5) is 0 Å². The summed E-state index contributed by atoms with van der Waals surface area (Å²) in [5.74, 6) is 0. The Labute approximate surface area is 174 Å². The van der Waals surface area contributed by atoms with Crippen molar-refractivity contribution in [3.05, 3.63) is 0 Å². The van der Waals surface area contributed by atoms with Gasteiger partial charge in [0.15, 0.2) is 6.29 Å². The molecule has 0 radical (unpaired) electrons. The van der Waals surface area contributed by atoms with Crippen LogP contribution in [0.1, 0.15) is 5.71 Å². The van der Waals surface area contributed by atoms with Crippen molar-refractivity contribution in [2.24, 2.45) is 0 Å². The van der Waals surface area contributed by atoms with Crippen LogP contribution in [-0.2, 0) is 9.09 Å². The van der Waals surface area contributed by atoms with Gasteiger partial charge >= 0.3 is 83.3 Å². The van der Waals surface area contributed by atoms with E-state index < -0.39 is 45.1 Å². The minimum atomic E-state index is -5.09. The smallest absolute Gasteiger partial charge is 1.00 e. The Hall–Kier alpha value is 2.39. The van der Waals surface area contributed by atoms with Gasteiger partial charge in [-0.3, -0.25) is 4.52 Å². The zero-order chi connectivity index (χ0) is 13.8. The third kappa shape index (κ3) is 10.7. The SMILES string of the molecule is O=P(O)(O)OC(O)[C@@H](O)[C@@H](O)[C@H](O)[C@H](O)CO.[Ca+2].[Ca+2].[H-].[H-].[H-].[H-]. The van der Waals surface area contributed by atoms with E-state index >= 15 is 0 Å². The van der Waals surface area contributed by atoms with Crippen LogP contribution in [0.3, 0.4) is 0 Å². The molecular formula is C6H19Ca2O10P. The zero-order valence-corrected chi connectivity index (χ0v) is 15.2. The van der Waals surface area contributed by atoms with E-state index in [4.69, 9.17) is 35.3 Å². The minimum Gasteiger partial charge on any atom is -1.00 e. The molecule has 0 spiro atoms. The number of aliphatic hydroxyl groups is 6. The number of rotatable bonds is 7. The van der Waals surface area contributed by atoms with Crippen LogP contribution in [0.25, 0.3) is 0 Å². The number of hydrogen-bond donors (Lipinski definition) is 8. The molecule has 19 heavy (non-hydrogen) atoms. The molecule has 0 aliphatic heterocycles. The first kappa shape index (κ1) is 26.3. The predicted molar refractivity (Wildman–Crippen MR) is 66.2 cm³/mol. The van der Waals surface area contributed by atoms with Crippen LogP contribution >= 0.6 is 7.82 Å². The maximum absolute atomic E-state index is 10.3. The second kappa shape index (κ2) is 11.9. The molecule has 0 amide bonds.